The lowest BCUT2D eigenvalue weighted by atomic mass is 10.0. The van der Waals surface area contributed by atoms with Crippen LogP contribution in [0.1, 0.15) is 71.4 Å². The van der Waals surface area contributed by atoms with Gasteiger partial charge >= 0.3 is 6.09 Å². The zero-order valence-corrected chi connectivity index (χ0v) is 20.4. The third-order valence-corrected chi connectivity index (χ3v) is 5.95. The third-order valence-electron chi connectivity index (χ3n) is 5.95. The summed E-state index contributed by atoms with van der Waals surface area (Å²) in [6.45, 7) is 10.3. The number of carbonyl (C=O) groups is 2. The zero-order chi connectivity index (χ0) is 23.2. The van der Waals surface area contributed by atoms with Crippen molar-refractivity contribution in [3.63, 3.8) is 0 Å². The summed E-state index contributed by atoms with van der Waals surface area (Å²) < 4.78 is 5.38. The number of rotatable bonds is 8. The van der Waals surface area contributed by atoms with Crippen LogP contribution in [0.4, 0.5) is 4.79 Å². The van der Waals surface area contributed by atoms with Gasteiger partial charge in [0.25, 0.3) is 0 Å². The van der Waals surface area contributed by atoms with Gasteiger partial charge in [0.05, 0.1) is 0 Å². The summed E-state index contributed by atoms with van der Waals surface area (Å²) >= 11 is 0. The normalized spacial score (nSPS) is 15.9. The molecule has 0 aliphatic heterocycles. The predicted octanol–water partition coefficient (Wildman–Crippen LogP) is 4.36. The molecular formula is C25H41N3O3. The highest BCUT2D eigenvalue weighted by Crippen LogP contribution is 2.23. The Morgan fingerprint density at radius 3 is 2.13 bits per heavy atom. The van der Waals surface area contributed by atoms with E-state index in [-0.39, 0.29) is 11.9 Å². The van der Waals surface area contributed by atoms with Crippen LogP contribution in [0.5, 0.6) is 0 Å². The largest absolute Gasteiger partial charge is 0.444 e. The van der Waals surface area contributed by atoms with E-state index >= 15 is 0 Å². The molecule has 0 heterocycles. The van der Waals surface area contributed by atoms with Crippen molar-refractivity contribution in [1.82, 2.24) is 15.1 Å². The minimum atomic E-state index is -0.672. The van der Waals surface area contributed by atoms with E-state index in [1.807, 2.05) is 34.6 Å². The van der Waals surface area contributed by atoms with E-state index in [0.717, 1.165) is 12.1 Å². The Bertz CT molecular complexity index is 719. The Balaban J connectivity index is 2.06. The van der Waals surface area contributed by atoms with Gasteiger partial charge in [-0.2, -0.15) is 0 Å². The van der Waals surface area contributed by atoms with Crippen LogP contribution in [0, 0.1) is 0 Å². The first-order chi connectivity index (χ1) is 14.5. The average Bonchev–Trinajstić information content (AvgIpc) is 3.21. The number of carbonyl (C=O) groups excluding carboxylic acids is 2. The zero-order valence-electron chi connectivity index (χ0n) is 20.4. The van der Waals surface area contributed by atoms with Crippen LogP contribution in [-0.4, -0.2) is 59.6 Å². The maximum Gasteiger partial charge on any atom is 0.408 e. The van der Waals surface area contributed by atoms with E-state index < -0.39 is 17.7 Å². The highest BCUT2D eigenvalue weighted by Gasteiger charge is 2.28. The second-order valence-electron chi connectivity index (χ2n) is 10.1. The standard InChI is InChI=1S/C25H41N3O3/c1-18(2)28(7)23(29)22(26-24(30)31-25(3,4)5)16-19-12-14-20(15-13-19)17-27(6)21-10-8-9-11-21/h12-15,18,21-22H,8-11,16-17H2,1-7H3,(H,26,30). The number of hydrogen-bond donors (Lipinski definition) is 1. The summed E-state index contributed by atoms with van der Waals surface area (Å²) in [5.74, 6) is -0.120. The van der Waals surface area contributed by atoms with E-state index in [4.69, 9.17) is 4.74 Å². The average molecular weight is 432 g/mol. The number of hydrogen-bond acceptors (Lipinski definition) is 4. The predicted molar refractivity (Wildman–Crippen MR) is 125 cm³/mol. The Kier molecular flexibility index (Phi) is 8.92. The molecule has 0 aromatic heterocycles. The van der Waals surface area contributed by atoms with E-state index in [0.29, 0.717) is 12.5 Å². The van der Waals surface area contributed by atoms with Gasteiger partial charge in [0.2, 0.25) is 5.91 Å². The quantitative estimate of drug-likeness (QED) is 0.664. The number of alkyl carbamates (subject to hydrolysis) is 1. The van der Waals surface area contributed by atoms with Crippen LogP contribution in [0.15, 0.2) is 24.3 Å². The van der Waals surface area contributed by atoms with E-state index in [2.05, 4.69) is 41.5 Å². The number of nitrogens with one attached hydrogen (secondary N) is 1. The summed E-state index contributed by atoms with van der Waals surface area (Å²) in [6.07, 6.45) is 5.10. The van der Waals surface area contributed by atoms with Crippen molar-refractivity contribution >= 4 is 12.0 Å². The number of nitrogens with zero attached hydrogens (tertiary/aromatic N) is 2. The number of ether oxygens (including phenoxy) is 1. The molecule has 0 bridgehead atoms. The fourth-order valence-corrected chi connectivity index (χ4v) is 3.93. The minimum Gasteiger partial charge on any atom is -0.444 e. The Morgan fingerprint density at radius 2 is 1.61 bits per heavy atom. The van der Waals surface area contributed by atoms with E-state index in [9.17, 15) is 9.59 Å². The molecule has 2 amide bonds. The van der Waals surface area contributed by atoms with Crippen LogP contribution in [-0.2, 0) is 22.5 Å². The first kappa shape index (κ1) is 25.2. The van der Waals surface area contributed by atoms with Crippen molar-refractivity contribution in [1.29, 1.82) is 0 Å². The summed E-state index contributed by atoms with van der Waals surface area (Å²) in [4.78, 5) is 29.4. The number of benzene rings is 1. The van der Waals surface area contributed by atoms with Gasteiger partial charge < -0.3 is 15.0 Å². The maximum absolute atomic E-state index is 13.0. The van der Waals surface area contributed by atoms with Crippen LogP contribution in [0.2, 0.25) is 0 Å². The fourth-order valence-electron chi connectivity index (χ4n) is 3.93. The molecule has 1 fully saturated rings. The highest BCUT2D eigenvalue weighted by molar-refractivity contribution is 5.86. The lowest BCUT2D eigenvalue weighted by Gasteiger charge is -2.28. The van der Waals surface area contributed by atoms with Crippen LogP contribution in [0.25, 0.3) is 0 Å². The lowest BCUT2D eigenvalue weighted by molar-refractivity contribution is -0.133. The van der Waals surface area contributed by atoms with Crippen molar-refractivity contribution in [2.75, 3.05) is 14.1 Å². The van der Waals surface area contributed by atoms with Gasteiger partial charge in [-0.25, -0.2) is 4.79 Å². The molecular weight excluding hydrogens is 390 g/mol. The maximum atomic E-state index is 13.0. The van der Waals surface area contributed by atoms with E-state index in [1.54, 1.807) is 11.9 Å². The molecule has 31 heavy (non-hydrogen) atoms. The summed E-state index contributed by atoms with van der Waals surface area (Å²) in [6, 6.07) is 8.43. The molecule has 1 atom stereocenters. The van der Waals surface area contributed by atoms with Crippen molar-refractivity contribution in [2.24, 2.45) is 0 Å². The van der Waals surface area contributed by atoms with Crippen LogP contribution < -0.4 is 5.32 Å². The molecule has 1 aromatic carbocycles. The smallest absolute Gasteiger partial charge is 0.408 e. The molecule has 6 nitrogen and oxygen atoms in total. The molecule has 1 aromatic rings. The van der Waals surface area contributed by atoms with Gasteiger partial charge in [0, 0.05) is 32.1 Å². The molecule has 1 saturated carbocycles. The summed E-state index contributed by atoms with van der Waals surface area (Å²) in [5.41, 5.74) is 1.66. The SMILES string of the molecule is CC(C)N(C)C(=O)C(Cc1ccc(CN(C)C2CCCC2)cc1)NC(=O)OC(C)(C)C. The first-order valence-electron chi connectivity index (χ1n) is 11.5. The Hall–Kier alpha value is -2.08. The summed E-state index contributed by atoms with van der Waals surface area (Å²) in [5, 5.41) is 2.78. The lowest BCUT2D eigenvalue weighted by Crippen LogP contribution is -2.51. The van der Waals surface area contributed by atoms with Gasteiger partial charge in [-0.15, -0.1) is 0 Å². The first-order valence-corrected chi connectivity index (χ1v) is 11.5. The summed E-state index contributed by atoms with van der Waals surface area (Å²) in [7, 11) is 3.96. The van der Waals surface area contributed by atoms with Crippen molar-refractivity contribution in [2.45, 2.75) is 97.0 Å². The molecule has 1 N–H and O–H groups in total. The second kappa shape index (κ2) is 11.0. The number of likely N-dealkylation sites (N-methyl/N-ethyl adjacent to an activating group) is 1. The van der Waals surface area contributed by atoms with Crippen molar-refractivity contribution in [3.8, 4) is 0 Å². The van der Waals surface area contributed by atoms with Gasteiger partial charge in [0.15, 0.2) is 0 Å². The molecule has 1 aliphatic carbocycles. The highest BCUT2D eigenvalue weighted by atomic mass is 16.6. The van der Waals surface area contributed by atoms with Gasteiger partial charge in [-0.3, -0.25) is 9.69 Å². The molecule has 2 rings (SSSR count). The molecule has 0 saturated heterocycles. The number of amides is 2. The molecule has 0 spiro atoms. The molecule has 1 aliphatic rings. The topological polar surface area (TPSA) is 61.9 Å². The monoisotopic (exact) mass is 431 g/mol. The molecule has 6 heteroatoms. The van der Waals surface area contributed by atoms with Gasteiger partial charge in [0.1, 0.15) is 11.6 Å². The second-order valence-corrected chi connectivity index (χ2v) is 10.1. The van der Waals surface area contributed by atoms with E-state index in [1.165, 1.54) is 31.2 Å². The van der Waals surface area contributed by atoms with Crippen LogP contribution in [0.3, 0.4) is 0 Å². The molecule has 1 unspecified atom stereocenters. The van der Waals surface area contributed by atoms with Crippen molar-refractivity contribution in [3.05, 3.63) is 35.4 Å². The third kappa shape index (κ3) is 8.17. The fraction of sp³-hybridized carbons (Fsp3) is 0.680. The van der Waals surface area contributed by atoms with Gasteiger partial charge in [-0.05, 0) is 65.6 Å². The minimum absolute atomic E-state index is 0.0453. The van der Waals surface area contributed by atoms with Gasteiger partial charge in [-0.1, -0.05) is 37.1 Å². The van der Waals surface area contributed by atoms with Crippen LogP contribution >= 0.6 is 0 Å². The Labute approximate surface area is 188 Å². The Morgan fingerprint density at radius 1 is 1.06 bits per heavy atom. The van der Waals surface area contributed by atoms with Crippen molar-refractivity contribution < 1.29 is 14.3 Å². The molecule has 174 valence electrons. The molecule has 0 radical (unpaired) electrons.